The molecule has 2 heterocycles. The van der Waals surface area contributed by atoms with Crippen LogP contribution in [-0.4, -0.2) is 50.3 Å². The minimum Gasteiger partial charge on any atom is -0.381 e. The highest BCUT2D eigenvalue weighted by Crippen LogP contribution is 2.20. The summed E-state index contributed by atoms with van der Waals surface area (Å²) in [7, 11) is 1.84. The predicted molar refractivity (Wildman–Crippen MR) is 62.0 cm³/mol. The maximum absolute atomic E-state index is 5.39. The summed E-state index contributed by atoms with van der Waals surface area (Å²) in [5.41, 5.74) is 0. The molecule has 1 N–H and O–H groups in total. The quantitative estimate of drug-likeness (QED) is 0.758. The zero-order valence-corrected chi connectivity index (χ0v) is 10.0. The minimum absolute atomic E-state index is 0.514. The third-order valence-corrected chi connectivity index (χ3v) is 4.05. The van der Waals surface area contributed by atoms with E-state index < -0.39 is 0 Å². The van der Waals surface area contributed by atoms with Crippen LogP contribution in [0.1, 0.15) is 26.2 Å². The number of rotatable bonds is 3. The van der Waals surface area contributed by atoms with E-state index in [0.717, 1.165) is 5.92 Å². The summed E-state index contributed by atoms with van der Waals surface area (Å²) < 4.78 is 5.39. The molecule has 0 aromatic rings. The van der Waals surface area contributed by atoms with E-state index in [4.69, 9.17) is 4.74 Å². The van der Waals surface area contributed by atoms with E-state index in [-0.39, 0.29) is 0 Å². The second-order valence-corrected chi connectivity index (χ2v) is 5.03. The van der Waals surface area contributed by atoms with Crippen molar-refractivity contribution in [2.45, 2.75) is 38.3 Å². The van der Waals surface area contributed by atoms with Crippen LogP contribution in [0.3, 0.4) is 0 Å². The van der Waals surface area contributed by atoms with E-state index >= 15 is 0 Å². The number of piperidine rings is 1. The Morgan fingerprint density at radius 1 is 1.27 bits per heavy atom. The van der Waals surface area contributed by atoms with Gasteiger partial charge in [0.05, 0.1) is 6.10 Å². The summed E-state index contributed by atoms with van der Waals surface area (Å²) in [5, 5.41) is 3.53. The Labute approximate surface area is 93.2 Å². The molecule has 2 atom stereocenters. The highest BCUT2D eigenvalue weighted by Gasteiger charge is 2.27. The first kappa shape index (κ1) is 11.4. The first-order valence-electron chi connectivity index (χ1n) is 6.28. The van der Waals surface area contributed by atoms with Crippen molar-refractivity contribution < 1.29 is 4.74 Å². The summed E-state index contributed by atoms with van der Waals surface area (Å²) in [4.78, 5) is 2.61. The van der Waals surface area contributed by atoms with Crippen molar-refractivity contribution >= 4 is 0 Å². The van der Waals surface area contributed by atoms with Crippen molar-refractivity contribution in [2.24, 2.45) is 5.92 Å². The molecule has 3 nitrogen and oxygen atoms in total. The summed E-state index contributed by atoms with van der Waals surface area (Å²) in [6, 6.07) is 0.713. The summed E-state index contributed by atoms with van der Waals surface area (Å²) in [6.45, 7) is 7.26. The molecule has 0 bridgehead atoms. The smallest absolute Gasteiger partial charge is 0.0595 e. The summed E-state index contributed by atoms with van der Waals surface area (Å²) in [6.07, 6.45) is 4.29. The molecule has 0 aromatic carbocycles. The number of nitrogens with zero attached hydrogens (tertiary/aromatic N) is 1. The summed E-state index contributed by atoms with van der Waals surface area (Å²) >= 11 is 0. The van der Waals surface area contributed by atoms with Gasteiger partial charge in [-0.3, -0.25) is 0 Å². The van der Waals surface area contributed by atoms with Crippen molar-refractivity contribution in [2.75, 3.05) is 33.3 Å². The number of ether oxygens (including phenoxy) is 1. The number of methoxy groups -OCH3 is 1. The second-order valence-electron chi connectivity index (χ2n) is 5.03. The van der Waals surface area contributed by atoms with Crippen molar-refractivity contribution in [1.82, 2.24) is 10.2 Å². The van der Waals surface area contributed by atoms with Gasteiger partial charge in [0.2, 0.25) is 0 Å². The molecular weight excluding hydrogens is 188 g/mol. The van der Waals surface area contributed by atoms with E-state index in [0.29, 0.717) is 12.1 Å². The molecule has 2 rings (SSSR count). The van der Waals surface area contributed by atoms with Gasteiger partial charge in [0.15, 0.2) is 0 Å². The van der Waals surface area contributed by atoms with E-state index in [1.54, 1.807) is 0 Å². The fraction of sp³-hybridized carbons (Fsp3) is 1.00. The molecular formula is C12H24N2O. The lowest BCUT2D eigenvalue weighted by Crippen LogP contribution is -2.41. The van der Waals surface area contributed by atoms with Crippen LogP contribution in [0.25, 0.3) is 0 Å². The standard InChI is InChI=1S/C12H24N2O/c1-10-11(3-6-13-10)9-14-7-4-12(15-2)5-8-14/h10-13H,3-9H2,1-2H3. The Hall–Kier alpha value is -0.120. The van der Waals surface area contributed by atoms with E-state index in [2.05, 4.69) is 17.1 Å². The molecule has 0 amide bonds. The van der Waals surface area contributed by atoms with Gasteiger partial charge in [-0.2, -0.15) is 0 Å². The number of likely N-dealkylation sites (tertiary alicyclic amines) is 1. The number of hydrogen-bond acceptors (Lipinski definition) is 3. The zero-order chi connectivity index (χ0) is 10.7. The van der Waals surface area contributed by atoms with Crippen molar-refractivity contribution in [3.63, 3.8) is 0 Å². The lowest BCUT2D eigenvalue weighted by molar-refractivity contribution is 0.0362. The van der Waals surface area contributed by atoms with Crippen LogP contribution in [-0.2, 0) is 4.74 Å². The van der Waals surface area contributed by atoms with Crippen LogP contribution in [0, 0.1) is 5.92 Å². The molecule has 2 aliphatic heterocycles. The second kappa shape index (κ2) is 5.28. The molecule has 2 fully saturated rings. The number of nitrogens with one attached hydrogen (secondary N) is 1. The van der Waals surface area contributed by atoms with Crippen LogP contribution in [0.2, 0.25) is 0 Å². The molecule has 3 heteroatoms. The van der Waals surface area contributed by atoms with Gasteiger partial charge in [0.1, 0.15) is 0 Å². The van der Waals surface area contributed by atoms with Gasteiger partial charge in [0, 0.05) is 32.8 Å². The molecule has 88 valence electrons. The maximum atomic E-state index is 5.39. The largest absolute Gasteiger partial charge is 0.381 e. The predicted octanol–water partition coefficient (Wildman–Crippen LogP) is 1.10. The van der Waals surface area contributed by atoms with Gasteiger partial charge >= 0.3 is 0 Å². The lowest BCUT2D eigenvalue weighted by Gasteiger charge is -2.33. The Kier molecular flexibility index (Phi) is 4.00. The van der Waals surface area contributed by atoms with Gasteiger partial charge < -0.3 is 15.0 Å². The molecule has 0 saturated carbocycles. The van der Waals surface area contributed by atoms with E-state index in [1.165, 1.54) is 45.4 Å². The maximum Gasteiger partial charge on any atom is 0.0595 e. The average Bonchev–Trinajstić information content (AvgIpc) is 2.66. The van der Waals surface area contributed by atoms with Crippen LogP contribution < -0.4 is 5.32 Å². The molecule has 2 unspecified atom stereocenters. The average molecular weight is 212 g/mol. The van der Waals surface area contributed by atoms with Crippen molar-refractivity contribution in [1.29, 1.82) is 0 Å². The first-order chi connectivity index (χ1) is 7.29. The van der Waals surface area contributed by atoms with Gasteiger partial charge in [-0.1, -0.05) is 0 Å². The fourth-order valence-corrected chi connectivity index (χ4v) is 2.82. The third-order valence-electron chi connectivity index (χ3n) is 4.05. The molecule has 0 aliphatic carbocycles. The molecule has 0 radical (unpaired) electrons. The Morgan fingerprint density at radius 2 is 2.00 bits per heavy atom. The SMILES string of the molecule is COC1CCN(CC2CCNC2C)CC1. The van der Waals surface area contributed by atoms with Gasteiger partial charge in [-0.15, -0.1) is 0 Å². The normalized spacial score (nSPS) is 34.8. The van der Waals surface area contributed by atoms with E-state index in [9.17, 15) is 0 Å². The van der Waals surface area contributed by atoms with Gasteiger partial charge in [0.25, 0.3) is 0 Å². The van der Waals surface area contributed by atoms with Crippen LogP contribution in [0.4, 0.5) is 0 Å². The highest BCUT2D eigenvalue weighted by molar-refractivity contribution is 4.84. The molecule has 2 saturated heterocycles. The van der Waals surface area contributed by atoms with E-state index in [1.807, 2.05) is 7.11 Å². The zero-order valence-electron chi connectivity index (χ0n) is 10.0. The molecule has 15 heavy (non-hydrogen) atoms. The first-order valence-corrected chi connectivity index (χ1v) is 6.28. The van der Waals surface area contributed by atoms with Crippen molar-refractivity contribution in [3.05, 3.63) is 0 Å². The third kappa shape index (κ3) is 2.92. The van der Waals surface area contributed by atoms with Crippen molar-refractivity contribution in [3.8, 4) is 0 Å². The molecule has 0 spiro atoms. The Bertz CT molecular complexity index is 190. The van der Waals surface area contributed by atoms with Crippen LogP contribution in [0.5, 0.6) is 0 Å². The van der Waals surface area contributed by atoms with Gasteiger partial charge in [-0.25, -0.2) is 0 Å². The fourth-order valence-electron chi connectivity index (χ4n) is 2.82. The minimum atomic E-state index is 0.514. The summed E-state index contributed by atoms with van der Waals surface area (Å²) in [5.74, 6) is 0.865. The van der Waals surface area contributed by atoms with Crippen LogP contribution in [0.15, 0.2) is 0 Å². The Balaban J connectivity index is 1.72. The molecule has 2 aliphatic rings. The molecule has 0 aromatic heterocycles. The Morgan fingerprint density at radius 3 is 2.53 bits per heavy atom. The van der Waals surface area contributed by atoms with Gasteiger partial charge in [-0.05, 0) is 38.6 Å². The lowest BCUT2D eigenvalue weighted by atomic mass is 9.99. The van der Waals surface area contributed by atoms with Crippen LogP contribution >= 0.6 is 0 Å². The monoisotopic (exact) mass is 212 g/mol. The highest BCUT2D eigenvalue weighted by atomic mass is 16.5. The topological polar surface area (TPSA) is 24.5 Å². The number of hydrogen-bond donors (Lipinski definition) is 1.